The van der Waals surface area contributed by atoms with Gasteiger partial charge in [-0.2, -0.15) is 0 Å². The van der Waals surface area contributed by atoms with Crippen LogP contribution in [-0.2, 0) is 0 Å². The van der Waals surface area contributed by atoms with Crippen molar-refractivity contribution in [2.24, 2.45) is 4.99 Å². The molecule has 27 heavy (non-hydrogen) atoms. The lowest BCUT2D eigenvalue weighted by Crippen LogP contribution is -2.25. The lowest BCUT2D eigenvalue weighted by Gasteiger charge is -2.08. The van der Waals surface area contributed by atoms with Crippen LogP contribution < -0.4 is 15.6 Å². The van der Waals surface area contributed by atoms with Crippen molar-refractivity contribution >= 4 is 28.1 Å². The van der Waals surface area contributed by atoms with Crippen LogP contribution in [0.25, 0.3) is 33.1 Å². The summed E-state index contributed by atoms with van der Waals surface area (Å²) in [5.41, 5.74) is 9.52. The lowest BCUT2D eigenvalue weighted by atomic mass is 10.1. The summed E-state index contributed by atoms with van der Waals surface area (Å²) in [6, 6.07) is 20.5. The zero-order chi connectivity index (χ0) is 18.5. The Kier molecular flexibility index (Phi) is 4.98. The summed E-state index contributed by atoms with van der Waals surface area (Å²) in [5, 5.41) is 2.27. The molecule has 0 radical (unpaired) electrons. The molecule has 0 saturated carbocycles. The van der Waals surface area contributed by atoms with Gasteiger partial charge in [0.05, 0.1) is 18.6 Å². The number of hydrogen-bond acceptors (Lipinski definition) is 4. The summed E-state index contributed by atoms with van der Waals surface area (Å²) >= 11 is 0. The van der Waals surface area contributed by atoms with Crippen molar-refractivity contribution in [3.63, 3.8) is 0 Å². The van der Waals surface area contributed by atoms with E-state index in [-0.39, 0.29) is 0 Å². The topological polar surface area (TPSA) is 74.3 Å². The normalized spacial score (nSPS) is 11.4. The van der Waals surface area contributed by atoms with Crippen LogP contribution in [0.15, 0.2) is 65.7 Å². The summed E-state index contributed by atoms with van der Waals surface area (Å²) in [4.78, 5) is 12.4. The zero-order valence-electron chi connectivity index (χ0n) is 15.1. The Bertz CT molecular complexity index is 1070. The molecule has 2 aromatic carbocycles. The van der Waals surface area contributed by atoms with Gasteiger partial charge in [-0.05, 0) is 12.1 Å². The first-order valence-electron chi connectivity index (χ1n) is 8.87. The maximum Gasteiger partial charge on any atom is 0.239 e. The van der Waals surface area contributed by atoms with Crippen LogP contribution in [-0.4, -0.2) is 36.5 Å². The average Bonchev–Trinajstić information content (AvgIpc) is 3.10. The van der Waals surface area contributed by atoms with Crippen LogP contribution in [0.2, 0.25) is 0 Å². The van der Waals surface area contributed by atoms with Gasteiger partial charge >= 0.3 is 0 Å². The van der Waals surface area contributed by atoms with Gasteiger partial charge in [0, 0.05) is 28.9 Å². The number of fused-ring (bicyclic) bond motifs is 3. The Morgan fingerprint density at radius 3 is 2.74 bits per heavy atom. The maximum absolute atomic E-state index is 5.99. The number of ether oxygens (including phenoxy) is 1. The van der Waals surface area contributed by atoms with Crippen LogP contribution in [0.3, 0.4) is 0 Å². The van der Waals surface area contributed by atoms with Crippen molar-refractivity contribution in [1.82, 2.24) is 20.8 Å². The Morgan fingerprint density at radius 1 is 1.07 bits per heavy atom. The number of pyridine rings is 1. The fourth-order valence-corrected chi connectivity index (χ4v) is 3.05. The molecule has 136 valence electrons. The van der Waals surface area contributed by atoms with Gasteiger partial charge in [-0.15, -0.1) is 0 Å². The van der Waals surface area contributed by atoms with Crippen molar-refractivity contribution < 1.29 is 4.74 Å². The third-order valence-corrected chi connectivity index (χ3v) is 4.29. The van der Waals surface area contributed by atoms with Gasteiger partial charge in [-0.1, -0.05) is 48.5 Å². The highest BCUT2D eigenvalue weighted by Crippen LogP contribution is 2.34. The van der Waals surface area contributed by atoms with Gasteiger partial charge in [-0.25, -0.2) is 10.4 Å². The number of nitrogens with zero attached hydrogens (tertiary/aromatic N) is 2. The zero-order valence-corrected chi connectivity index (χ0v) is 15.1. The van der Waals surface area contributed by atoms with Crippen molar-refractivity contribution in [2.75, 3.05) is 20.2 Å². The minimum absolute atomic E-state index is 0.442. The molecule has 0 atom stereocenters. The molecule has 0 spiro atoms. The highest BCUT2D eigenvalue weighted by atomic mass is 16.5. The van der Waals surface area contributed by atoms with E-state index in [9.17, 15) is 0 Å². The van der Waals surface area contributed by atoms with E-state index >= 15 is 0 Å². The van der Waals surface area contributed by atoms with E-state index in [2.05, 4.69) is 51.2 Å². The first kappa shape index (κ1) is 17.1. The van der Waals surface area contributed by atoms with E-state index in [0.29, 0.717) is 19.0 Å². The van der Waals surface area contributed by atoms with E-state index in [4.69, 9.17) is 9.72 Å². The van der Waals surface area contributed by atoms with E-state index in [1.165, 1.54) is 0 Å². The molecule has 0 aliphatic rings. The first-order valence-corrected chi connectivity index (χ1v) is 8.87. The summed E-state index contributed by atoms with van der Waals surface area (Å²) in [7, 11) is 1.79. The van der Waals surface area contributed by atoms with Crippen LogP contribution in [0.1, 0.15) is 0 Å². The summed E-state index contributed by atoms with van der Waals surface area (Å²) < 4.78 is 5.99. The van der Waals surface area contributed by atoms with E-state index in [0.717, 1.165) is 33.1 Å². The fourth-order valence-electron chi connectivity index (χ4n) is 3.05. The smallest absolute Gasteiger partial charge is 0.239 e. The van der Waals surface area contributed by atoms with Gasteiger partial charge in [0.1, 0.15) is 12.1 Å². The quantitative estimate of drug-likeness (QED) is 0.204. The monoisotopic (exact) mass is 359 g/mol. The number of nitrogens with one attached hydrogen (secondary N) is 3. The highest BCUT2D eigenvalue weighted by Gasteiger charge is 2.13. The van der Waals surface area contributed by atoms with Crippen molar-refractivity contribution in [3.05, 3.63) is 60.7 Å². The molecule has 6 heteroatoms. The Morgan fingerprint density at radius 2 is 1.89 bits per heavy atom. The summed E-state index contributed by atoms with van der Waals surface area (Å²) in [5.74, 6) is 0.597. The third kappa shape index (κ3) is 3.61. The second-order valence-corrected chi connectivity index (χ2v) is 6.05. The van der Waals surface area contributed by atoms with E-state index in [1.807, 2.05) is 30.3 Å². The second kappa shape index (κ2) is 7.88. The van der Waals surface area contributed by atoms with E-state index < -0.39 is 0 Å². The van der Waals surface area contributed by atoms with Crippen LogP contribution in [0, 0.1) is 0 Å². The SMILES string of the molecule is CNNC=NCCOc1nc(-c2ccccc2)cc2c1[nH]c1ccccc12. The molecule has 6 nitrogen and oxygen atoms in total. The molecule has 0 amide bonds. The molecular weight excluding hydrogens is 338 g/mol. The number of aromatic nitrogens is 2. The number of H-pyrrole nitrogens is 1. The second-order valence-electron chi connectivity index (χ2n) is 6.05. The number of hydrazine groups is 1. The average molecular weight is 359 g/mol. The highest BCUT2D eigenvalue weighted by molar-refractivity contribution is 6.09. The molecule has 0 unspecified atom stereocenters. The Hall–Kier alpha value is -3.38. The van der Waals surface area contributed by atoms with Crippen LogP contribution >= 0.6 is 0 Å². The molecule has 4 aromatic rings. The number of hydrogen-bond donors (Lipinski definition) is 3. The van der Waals surface area contributed by atoms with Crippen molar-refractivity contribution in [2.45, 2.75) is 0 Å². The standard InChI is InChI=1S/C21H21N5O/c1-22-24-14-23-11-12-27-21-20-17(16-9-5-6-10-18(16)25-20)13-19(26-21)15-7-3-2-4-8-15/h2-10,13-14,22,25H,11-12H2,1H3,(H,23,24). The largest absolute Gasteiger partial charge is 0.474 e. The van der Waals surface area contributed by atoms with Crippen molar-refractivity contribution in [1.29, 1.82) is 0 Å². The molecule has 0 aliphatic heterocycles. The van der Waals surface area contributed by atoms with Crippen LogP contribution in [0.4, 0.5) is 0 Å². The molecule has 3 N–H and O–H groups in total. The number of aromatic amines is 1. The molecule has 0 bridgehead atoms. The van der Waals surface area contributed by atoms with Gasteiger partial charge in [-0.3, -0.25) is 4.99 Å². The van der Waals surface area contributed by atoms with Gasteiger partial charge in [0.25, 0.3) is 0 Å². The Labute approximate surface area is 157 Å². The first-order chi connectivity index (χ1) is 13.4. The molecule has 4 rings (SSSR count). The van der Waals surface area contributed by atoms with Gasteiger partial charge < -0.3 is 15.1 Å². The summed E-state index contributed by atoms with van der Waals surface area (Å²) in [6.45, 7) is 0.977. The molecule has 2 aromatic heterocycles. The minimum atomic E-state index is 0.442. The molecule has 0 aliphatic carbocycles. The maximum atomic E-state index is 5.99. The number of para-hydroxylation sites is 1. The van der Waals surface area contributed by atoms with Gasteiger partial charge in [0.2, 0.25) is 5.88 Å². The fraction of sp³-hybridized carbons (Fsp3) is 0.143. The molecule has 2 heterocycles. The lowest BCUT2D eigenvalue weighted by molar-refractivity contribution is 0.320. The minimum Gasteiger partial charge on any atom is -0.474 e. The predicted octanol–water partition coefficient (Wildman–Crippen LogP) is 3.51. The van der Waals surface area contributed by atoms with E-state index in [1.54, 1.807) is 13.4 Å². The van der Waals surface area contributed by atoms with Gasteiger partial charge in [0.15, 0.2) is 0 Å². The molecular formula is C21H21N5O. The number of aliphatic imine (C=N–C) groups is 1. The molecule has 0 saturated heterocycles. The number of rotatable bonds is 7. The summed E-state index contributed by atoms with van der Waals surface area (Å²) in [6.07, 6.45) is 1.61. The predicted molar refractivity (Wildman–Crippen MR) is 110 cm³/mol. The molecule has 0 fully saturated rings. The third-order valence-electron chi connectivity index (χ3n) is 4.29. The van der Waals surface area contributed by atoms with Crippen molar-refractivity contribution in [3.8, 4) is 17.1 Å². The van der Waals surface area contributed by atoms with Crippen LogP contribution in [0.5, 0.6) is 5.88 Å². The number of benzene rings is 2. The Balaban J connectivity index is 1.73.